The van der Waals surface area contributed by atoms with Gasteiger partial charge in [-0.2, -0.15) is 13.2 Å². The maximum absolute atomic E-state index is 12.3. The lowest BCUT2D eigenvalue weighted by Gasteiger charge is -2.35. The van der Waals surface area contributed by atoms with Crippen LogP contribution in [0.4, 0.5) is 24.8 Å². The van der Waals surface area contributed by atoms with Gasteiger partial charge in [-0.3, -0.25) is 4.90 Å². The first kappa shape index (κ1) is 13.9. The Morgan fingerprint density at radius 2 is 1.89 bits per heavy atom. The molecule has 0 aromatic carbocycles. The first-order chi connectivity index (χ1) is 8.98. The predicted molar refractivity (Wildman–Crippen MR) is 68.5 cm³/mol. The standard InChI is InChI=1S/C12H17F3N4/c1-16-10-3-2-4-11(17-10)19-7-5-18(6-8-19)9-12(13,14)15/h2-4H,5-9H2,1H3,(H,16,17). The second-order valence-electron chi connectivity index (χ2n) is 4.51. The Kier molecular flexibility index (Phi) is 4.14. The van der Waals surface area contributed by atoms with Crippen LogP contribution in [0.25, 0.3) is 0 Å². The van der Waals surface area contributed by atoms with Crippen LogP contribution in [0.15, 0.2) is 18.2 Å². The first-order valence-corrected chi connectivity index (χ1v) is 6.17. The van der Waals surface area contributed by atoms with Gasteiger partial charge >= 0.3 is 6.18 Å². The van der Waals surface area contributed by atoms with Crippen molar-refractivity contribution in [2.75, 3.05) is 50.0 Å². The highest BCUT2D eigenvalue weighted by molar-refractivity contribution is 5.47. The summed E-state index contributed by atoms with van der Waals surface area (Å²) in [5.41, 5.74) is 0. The third-order valence-electron chi connectivity index (χ3n) is 3.09. The van der Waals surface area contributed by atoms with Gasteiger partial charge in [0.25, 0.3) is 0 Å². The lowest BCUT2D eigenvalue weighted by Crippen LogP contribution is -2.49. The number of pyridine rings is 1. The van der Waals surface area contributed by atoms with Gasteiger partial charge < -0.3 is 10.2 Å². The molecule has 1 fully saturated rings. The zero-order chi connectivity index (χ0) is 13.9. The molecule has 0 amide bonds. The van der Waals surface area contributed by atoms with E-state index in [1.54, 1.807) is 7.05 Å². The highest BCUT2D eigenvalue weighted by Crippen LogP contribution is 2.20. The average molecular weight is 274 g/mol. The Morgan fingerprint density at radius 3 is 2.47 bits per heavy atom. The summed E-state index contributed by atoms with van der Waals surface area (Å²) in [4.78, 5) is 7.83. The van der Waals surface area contributed by atoms with Gasteiger partial charge in [0.05, 0.1) is 6.54 Å². The molecule has 0 aliphatic carbocycles. The topological polar surface area (TPSA) is 31.4 Å². The fourth-order valence-electron chi connectivity index (χ4n) is 2.13. The minimum Gasteiger partial charge on any atom is -0.373 e. The van der Waals surface area contributed by atoms with Gasteiger partial charge in [0.15, 0.2) is 0 Å². The zero-order valence-corrected chi connectivity index (χ0v) is 10.7. The van der Waals surface area contributed by atoms with Crippen LogP contribution in [0.3, 0.4) is 0 Å². The van der Waals surface area contributed by atoms with Crippen molar-refractivity contribution in [3.63, 3.8) is 0 Å². The number of nitrogens with zero attached hydrogens (tertiary/aromatic N) is 3. The Morgan fingerprint density at radius 1 is 1.21 bits per heavy atom. The van der Waals surface area contributed by atoms with E-state index in [0.717, 1.165) is 11.6 Å². The molecular formula is C12H17F3N4. The number of nitrogens with one attached hydrogen (secondary N) is 1. The third-order valence-corrected chi connectivity index (χ3v) is 3.09. The molecule has 1 aliphatic rings. The Bertz CT molecular complexity index is 414. The zero-order valence-electron chi connectivity index (χ0n) is 10.7. The van der Waals surface area contributed by atoms with E-state index in [4.69, 9.17) is 0 Å². The van der Waals surface area contributed by atoms with Crippen molar-refractivity contribution in [3.8, 4) is 0 Å². The molecule has 7 heteroatoms. The molecule has 4 nitrogen and oxygen atoms in total. The largest absolute Gasteiger partial charge is 0.401 e. The van der Waals surface area contributed by atoms with Crippen LogP contribution in [0.2, 0.25) is 0 Å². The van der Waals surface area contributed by atoms with E-state index in [-0.39, 0.29) is 0 Å². The fourth-order valence-corrected chi connectivity index (χ4v) is 2.13. The molecular weight excluding hydrogens is 257 g/mol. The molecule has 2 heterocycles. The Hall–Kier alpha value is -1.50. The fraction of sp³-hybridized carbons (Fsp3) is 0.583. The summed E-state index contributed by atoms with van der Waals surface area (Å²) in [6, 6.07) is 5.61. The number of halogens is 3. The van der Waals surface area contributed by atoms with Crippen molar-refractivity contribution >= 4 is 11.6 Å². The van der Waals surface area contributed by atoms with Crippen molar-refractivity contribution in [1.29, 1.82) is 0 Å². The van der Waals surface area contributed by atoms with Gasteiger partial charge in [0.2, 0.25) is 0 Å². The number of hydrogen-bond acceptors (Lipinski definition) is 4. The van der Waals surface area contributed by atoms with Crippen LogP contribution in [0.5, 0.6) is 0 Å². The summed E-state index contributed by atoms with van der Waals surface area (Å²) in [7, 11) is 1.79. The van der Waals surface area contributed by atoms with E-state index in [1.165, 1.54) is 4.90 Å². The van der Waals surface area contributed by atoms with Crippen LogP contribution in [-0.4, -0.2) is 55.8 Å². The first-order valence-electron chi connectivity index (χ1n) is 6.17. The summed E-state index contributed by atoms with van der Waals surface area (Å²) in [5.74, 6) is 1.56. The number of hydrogen-bond donors (Lipinski definition) is 1. The van der Waals surface area contributed by atoms with E-state index in [9.17, 15) is 13.2 Å². The van der Waals surface area contributed by atoms with Crippen LogP contribution >= 0.6 is 0 Å². The van der Waals surface area contributed by atoms with E-state index < -0.39 is 12.7 Å². The number of aromatic nitrogens is 1. The summed E-state index contributed by atoms with van der Waals surface area (Å²) in [6.07, 6.45) is -4.12. The summed E-state index contributed by atoms with van der Waals surface area (Å²) >= 11 is 0. The molecule has 0 radical (unpaired) electrons. The molecule has 0 saturated carbocycles. The van der Waals surface area contributed by atoms with Crippen molar-refractivity contribution in [1.82, 2.24) is 9.88 Å². The Labute approximate surface area is 110 Å². The van der Waals surface area contributed by atoms with Gasteiger partial charge in [-0.25, -0.2) is 4.98 Å². The molecule has 2 rings (SSSR count). The minimum absolute atomic E-state index is 0.408. The third kappa shape index (κ3) is 3.99. The van der Waals surface area contributed by atoms with Gasteiger partial charge in [-0.15, -0.1) is 0 Å². The highest BCUT2D eigenvalue weighted by Gasteiger charge is 2.32. The van der Waals surface area contributed by atoms with E-state index in [2.05, 4.69) is 10.3 Å². The van der Waals surface area contributed by atoms with Crippen molar-refractivity contribution in [2.45, 2.75) is 6.18 Å². The molecule has 0 unspecified atom stereocenters. The average Bonchev–Trinajstić information content (AvgIpc) is 2.38. The van der Waals surface area contributed by atoms with Crippen LogP contribution in [-0.2, 0) is 0 Å². The minimum atomic E-state index is -4.12. The monoisotopic (exact) mass is 274 g/mol. The molecule has 19 heavy (non-hydrogen) atoms. The van der Waals surface area contributed by atoms with E-state index in [1.807, 2.05) is 23.1 Å². The van der Waals surface area contributed by atoms with E-state index in [0.29, 0.717) is 26.2 Å². The van der Waals surface area contributed by atoms with Crippen molar-refractivity contribution in [3.05, 3.63) is 18.2 Å². The molecule has 1 aliphatic heterocycles. The number of rotatable bonds is 3. The van der Waals surface area contributed by atoms with Gasteiger partial charge in [-0.1, -0.05) is 6.07 Å². The number of alkyl halides is 3. The lowest BCUT2D eigenvalue weighted by molar-refractivity contribution is -0.146. The van der Waals surface area contributed by atoms with Crippen LogP contribution < -0.4 is 10.2 Å². The quantitative estimate of drug-likeness (QED) is 0.911. The smallest absolute Gasteiger partial charge is 0.373 e. The molecule has 106 valence electrons. The van der Waals surface area contributed by atoms with Crippen molar-refractivity contribution < 1.29 is 13.2 Å². The molecule has 1 aromatic rings. The van der Waals surface area contributed by atoms with Gasteiger partial charge in [0, 0.05) is 33.2 Å². The summed E-state index contributed by atoms with van der Waals surface area (Å²) in [5, 5.41) is 2.95. The maximum Gasteiger partial charge on any atom is 0.401 e. The van der Waals surface area contributed by atoms with Crippen LogP contribution in [0, 0.1) is 0 Å². The molecule has 0 spiro atoms. The SMILES string of the molecule is CNc1cccc(N2CCN(CC(F)(F)F)CC2)n1. The molecule has 0 bridgehead atoms. The van der Waals surface area contributed by atoms with Gasteiger partial charge in [-0.05, 0) is 12.1 Å². The lowest BCUT2D eigenvalue weighted by atomic mass is 10.3. The predicted octanol–water partition coefficient (Wildman–Crippen LogP) is 1.81. The second kappa shape index (κ2) is 5.64. The summed E-state index contributed by atoms with van der Waals surface area (Å²) < 4.78 is 36.8. The molecule has 0 atom stereocenters. The molecule has 1 aromatic heterocycles. The molecule has 1 N–H and O–H groups in total. The van der Waals surface area contributed by atoms with Gasteiger partial charge in [0.1, 0.15) is 11.6 Å². The highest BCUT2D eigenvalue weighted by atomic mass is 19.4. The number of anilines is 2. The normalized spacial score (nSPS) is 17.6. The number of piperazine rings is 1. The van der Waals surface area contributed by atoms with E-state index >= 15 is 0 Å². The van der Waals surface area contributed by atoms with Crippen molar-refractivity contribution in [2.24, 2.45) is 0 Å². The second-order valence-corrected chi connectivity index (χ2v) is 4.51. The van der Waals surface area contributed by atoms with Crippen LogP contribution in [0.1, 0.15) is 0 Å². The Balaban J connectivity index is 1.92. The molecule has 1 saturated heterocycles. The summed E-state index contributed by atoms with van der Waals surface area (Å²) in [6.45, 7) is 1.12. The maximum atomic E-state index is 12.3.